The number of ether oxygens (including phenoxy) is 2. The lowest BCUT2D eigenvalue weighted by Crippen LogP contribution is -2.22. The van der Waals surface area contributed by atoms with Crippen LogP contribution in [-0.4, -0.2) is 12.7 Å². The van der Waals surface area contributed by atoms with Crippen molar-refractivity contribution in [2.75, 3.05) is 0 Å². The average Bonchev–Trinajstić information content (AvgIpc) is 2.14. The van der Waals surface area contributed by atoms with Crippen LogP contribution in [0.15, 0.2) is 18.2 Å². The Labute approximate surface area is 111 Å². The third-order valence-corrected chi connectivity index (χ3v) is 2.22. The number of halogens is 6. The van der Waals surface area contributed by atoms with Gasteiger partial charge < -0.3 is 9.47 Å². The molecule has 2 nitrogen and oxygen atoms in total. The Bertz CT molecular complexity index is 470. The van der Waals surface area contributed by atoms with Gasteiger partial charge in [0, 0.05) is 5.56 Å². The minimum atomic E-state index is -4.92. The Morgan fingerprint density at radius 1 is 0.800 bits per heavy atom. The van der Waals surface area contributed by atoms with E-state index in [0.717, 1.165) is 18.2 Å². The molecule has 0 amide bonds. The molecule has 20 heavy (non-hydrogen) atoms. The van der Waals surface area contributed by atoms with Gasteiger partial charge in [-0.15, -0.1) is 26.3 Å². The zero-order valence-electron chi connectivity index (χ0n) is 10.8. The highest BCUT2D eigenvalue weighted by atomic mass is 19.4. The summed E-state index contributed by atoms with van der Waals surface area (Å²) in [5.74, 6) is -1.16. The highest BCUT2D eigenvalue weighted by molar-refractivity contribution is 5.44. The lowest BCUT2D eigenvalue weighted by molar-refractivity contribution is -0.277. The molecule has 8 heteroatoms. The Hall–Kier alpha value is -1.60. The predicted molar refractivity (Wildman–Crippen MR) is 58.5 cm³/mol. The fraction of sp³-hybridized carbons (Fsp3) is 0.500. The molecular weight excluding hydrogens is 290 g/mol. The first-order chi connectivity index (χ1) is 8.78. The van der Waals surface area contributed by atoms with E-state index in [2.05, 4.69) is 9.47 Å². The summed E-state index contributed by atoms with van der Waals surface area (Å²) in [6.07, 6.45) is -9.84. The van der Waals surface area contributed by atoms with E-state index < -0.39 is 29.6 Å². The third-order valence-electron chi connectivity index (χ3n) is 2.22. The maximum atomic E-state index is 12.2. The molecule has 0 spiro atoms. The van der Waals surface area contributed by atoms with Crippen molar-refractivity contribution in [2.24, 2.45) is 0 Å². The van der Waals surface area contributed by atoms with E-state index in [1.807, 2.05) is 0 Å². The van der Waals surface area contributed by atoms with E-state index in [4.69, 9.17) is 0 Å². The molecule has 0 aliphatic rings. The molecule has 114 valence electrons. The summed E-state index contributed by atoms with van der Waals surface area (Å²) >= 11 is 0. The summed E-state index contributed by atoms with van der Waals surface area (Å²) in [7, 11) is 0. The molecule has 0 saturated carbocycles. The Morgan fingerprint density at radius 2 is 1.30 bits per heavy atom. The monoisotopic (exact) mass is 302 g/mol. The molecule has 0 heterocycles. The second kappa shape index (κ2) is 5.06. The van der Waals surface area contributed by atoms with Crippen LogP contribution >= 0.6 is 0 Å². The van der Waals surface area contributed by atoms with Gasteiger partial charge in [0.05, 0.1) is 0 Å². The Balaban J connectivity index is 3.21. The molecule has 1 aromatic carbocycles. The molecule has 0 radical (unpaired) electrons. The molecule has 0 unspecified atom stereocenters. The van der Waals surface area contributed by atoms with Crippen LogP contribution in [0.1, 0.15) is 26.3 Å². The van der Waals surface area contributed by atoms with Crippen LogP contribution in [0.5, 0.6) is 11.5 Å². The first kappa shape index (κ1) is 16.5. The number of alkyl halides is 6. The van der Waals surface area contributed by atoms with Crippen molar-refractivity contribution in [1.29, 1.82) is 0 Å². The molecule has 0 atom stereocenters. The predicted octanol–water partition coefficient (Wildman–Crippen LogP) is 4.78. The molecule has 0 aromatic heterocycles. The number of rotatable bonds is 2. The third kappa shape index (κ3) is 5.18. The van der Waals surface area contributed by atoms with Crippen molar-refractivity contribution in [3.05, 3.63) is 23.8 Å². The Kier molecular flexibility index (Phi) is 4.17. The van der Waals surface area contributed by atoms with Gasteiger partial charge in [-0.05, 0) is 23.6 Å². The van der Waals surface area contributed by atoms with Gasteiger partial charge in [0.1, 0.15) is 11.5 Å². The number of hydrogen-bond donors (Lipinski definition) is 0. The van der Waals surface area contributed by atoms with E-state index in [1.54, 1.807) is 20.8 Å². The van der Waals surface area contributed by atoms with Gasteiger partial charge >= 0.3 is 12.7 Å². The van der Waals surface area contributed by atoms with Gasteiger partial charge in [0.25, 0.3) is 0 Å². The minimum absolute atomic E-state index is 0.0448. The van der Waals surface area contributed by atoms with Crippen LogP contribution in [0.3, 0.4) is 0 Å². The highest BCUT2D eigenvalue weighted by Crippen LogP contribution is 2.38. The van der Waals surface area contributed by atoms with E-state index in [0.29, 0.717) is 0 Å². The van der Waals surface area contributed by atoms with Crippen molar-refractivity contribution < 1.29 is 35.8 Å². The van der Waals surface area contributed by atoms with E-state index in [1.165, 1.54) is 0 Å². The molecule has 0 saturated heterocycles. The molecule has 1 rings (SSSR count). The summed E-state index contributed by atoms with van der Waals surface area (Å²) < 4.78 is 80.6. The first-order valence-electron chi connectivity index (χ1n) is 5.44. The van der Waals surface area contributed by atoms with Crippen LogP contribution in [0.25, 0.3) is 0 Å². The minimum Gasteiger partial charge on any atom is -0.406 e. The average molecular weight is 302 g/mol. The van der Waals surface area contributed by atoms with Crippen LogP contribution in [-0.2, 0) is 5.41 Å². The van der Waals surface area contributed by atoms with Crippen LogP contribution in [0, 0.1) is 0 Å². The van der Waals surface area contributed by atoms with Gasteiger partial charge in [-0.2, -0.15) is 0 Å². The van der Waals surface area contributed by atoms with Crippen LogP contribution < -0.4 is 9.47 Å². The standard InChI is InChI=1S/C12H12F6O2/c1-10(2,3)8-6-7(19-11(13,14)15)4-5-9(8)20-12(16,17)18/h4-6H,1-3H3. The van der Waals surface area contributed by atoms with Crippen molar-refractivity contribution in [3.8, 4) is 11.5 Å². The maximum absolute atomic E-state index is 12.2. The van der Waals surface area contributed by atoms with E-state index in [-0.39, 0.29) is 5.56 Å². The molecule has 0 fully saturated rings. The fourth-order valence-electron chi connectivity index (χ4n) is 1.51. The van der Waals surface area contributed by atoms with E-state index >= 15 is 0 Å². The molecular formula is C12H12F6O2. The number of benzene rings is 1. The lowest BCUT2D eigenvalue weighted by atomic mass is 9.86. The van der Waals surface area contributed by atoms with E-state index in [9.17, 15) is 26.3 Å². The van der Waals surface area contributed by atoms with Crippen LogP contribution in [0.4, 0.5) is 26.3 Å². The van der Waals surface area contributed by atoms with Crippen molar-refractivity contribution in [1.82, 2.24) is 0 Å². The molecule has 0 bridgehead atoms. The fourth-order valence-corrected chi connectivity index (χ4v) is 1.51. The largest absolute Gasteiger partial charge is 0.573 e. The number of hydrogen-bond acceptors (Lipinski definition) is 2. The zero-order chi connectivity index (χ0) is 15.8. The van der Waals surface area contributed by atoms with Crippen molar-refractivity contribution >= 4 is 0 Å². The quantitative estimate of drug-likeness (QED) is 0.732. The summed E-state index contributed by atoms with van der Waals surface area (Å²) in [4.78, 5) is 0. The molecule has 0 aliphatic carbocycles. The molecule has 0 aliphatic heterocycles. The first-order valence-corrected chi connectivity index (χ1v) is 5.44. The highest BCUT2D eigenvalue weighted by Gasteiger charge is 2.35. The molecule has 0 N–H and O–H groups in total. The van der Waals surface area contributed by atoms with Gasteiger partial charge in [0.2, 0.25) is 0 Å². The summed E-state index contributed by atoms with van der Waals surface area (Å²) in [6.45, 7) is 4.63. The smallest absolute Gasteiger partial charge is 0.406 e. The van der Waals surface area contributed by atoms with Crippen molar-refractivity contribution in [2.45, 2.75) is 38.9 Å². The zero-order valence-corrected chi connectivity index (χ0v) is 10.8. The topological polar surface area (TPSA) is 18.5 Å². The lowest BCUT2D eigenvalue weighted by Gasteiger charge is -2.24. The summed E-state index contributed by atoms with van der Waals surface area (Å²) in [5, 5.41) is 0. The van der Waals surface area contributed by atoms with Crippen molar-refractivity contribution in [3.63, 3.8) is 0 Å². The normalized spacial score (nSPS) is 13.2. The van der Waals surface area contributed by atoms with Gasteiger partial charge in [-0.1, -0.05) is 20.8 Å². The van der Waals surface area contributed by atoms with Crippen LogP contribution in [0.2, 0.25) is 0 Å². The summed E-state index contributed by atoms with van der Waals surface area (Å²) in [6, 6.07) is 2.45. The summed E-state index contributed by atoms with van der Waals surface area (Å²) in [5.41, 5.74) is -0.900. The van der Waals surface area contributed by atoms with Gasteiger partial charge in [-0.25, -0.2) is 0 Å². The Morgan fingerprint density at radius 3 is 1.70 bits per heavy atom. The maximum Gasteiger partial charge on any atom is 0.573 e. The van der Waals surface area contributed by atoms with Gasteiger partial charge in [0.15, 0.2) is 0 Å². The second-order valence-corrected chi connectivity index (χ2v) is 5.00. The molecule has 1 aromatic rings. The SMILES string of the molecule is CC(C)(C)c1cc(OC(F)(F)F)ccc1OC(F)(F)F. The van der Waals surface area contributed by atoms with Gasteiger partial charge in [-0.3, -0.25) is 0 Å². The second-order valence-electron chi connectivity index (χ2n) is 5.00.